The van der Waals surface area contributed by atoms with E-state index in [4.69, 9.17) is 5.73 Å². The number of hydrogen-bond donors (Lipinski definition) is 5. The van der Waals surface area contributed by atoms with E-state index in [1.807, 2.05) is 7.05 Å². The summed E-state index contributed by atoms with van der Waals surface area (Å²) in [5, 5.41) is 45.4. The molecule has 6 N–H and O–H groups in total. The molecule has 1 aromatic rings. The number of hydrogen-bond acceptors (Lipinski definition) is 10. The van der Waals surface area contributed by atoms with Crippen LogP contribution in [0.4, 0.5) is 5.69 Å². The highest BCUT2D eigenvalue weighted by Crippen LogP contribution is 2.56. The van der Waals surface area contributed by atoms with E-state index in [1.165, 1.54) is 4.90 Å². The summed E-state index contributed by atoms with van der Waals surface area (Å²) in [6.07, 6.45) is 1.41. The number of fused-ring (bicyclic) bond motifs is 7. The van der Waals surface area contributed by atoms with Crippen LogP contribution < -0.4 is 10.6 Å². The number of aromatic hydroxyl groups is 1. The molecule has 0 radical (unpaired) electrons. The molecule has 1 amide bonds. The largest absolute Gasteiger partial charge is 0.508 e. The number of nitrogens with zero attached hydrogens (tertiary/aromatic N) is 3. The van der Waals surface area contributed by atoms with Crippen molar-refractivity contribution in [1.82, 2.24) is 9.80 Å². The zero-order valence-electron chi connectivity index (χ0n) is 22.4. The molecular formula is C28H34N4O7. The second-order valence-electron chi connectivity index (χ2n) is 12.0. The molecule has 208 valence electrons. The number of aliphatic hydroxyl groups excluding tert-OH is 2. The van der Waals surface area contributed by atoms with Crippen LogP contribution in [0.2, 0.25) is 0 Å². The topological polar surface area (TPSA) is 168 Å². The highest BCUT2D eigenvalue weighted by Gasteiger charge is 2.64. The predicted molar refractivity (Wildman–Crippen MR) is 141 cm³/mol. The smallest absolute Gasteiger partial charge is 0.255 e. The average molecular weight is 539 g/mol. The van der Waals surface area contributed by atoms with Gasteiger partial charge in [-0.05, 0) is 76.0 Å². The van der Waals surface area contributed by atoms with E-state index < -0.39 is 58.0 Å². The lowest BCUT2D eigenvalue weighted by Gasteiger charge is -2.50. The number of phenols is 1. The van der Waals surface area contributed by atoms with Gasteiger partial charge in [0.25, 0.3) is 5.91 Å². The van der Waals surface area contributed by atoms with Gasteiger partial charge in [0.2, 0.25) is 5.78 Å². The molecule has 6 rings (SSSR count). The number of phenolic OH excluding ortho intramolecular Hbond substituents is 1. The van der Waals surface area contributed by atoms with E-state index in [-0.39, 0.29) is 35.8 Å². The zero-order valence-corrected chi connectivity index (χ0v) is 22.4. The van der Waals surface area contributed by atoms with Crippen molar-refractivity contribution in [3.8, 4) is 5.75 Å². The average Bonchev–Trinajstić information content (AvgIpc) is 3.21. The Balaban J connectivity index is 1.56. The lowest BCUT2D eigenvalue weighted by molar-refractivity contribution is -0.153. The van der Waals surface area contributed by atoms with Gasteiger partial charge in [-0.15, -0.1) is 0 Å². The van der Waals surface area contributed by atoms with Crippen molar-refractivity contribution in [2.75, 3.05) is 46.2 Å². The highest BCUT2D eigenvalue weighted by atomic mass is 16.3. The van der Waals surface area contributed by atoms with E-state index >= 15 is 0 Å². The quantitative estimate of drug-likeness (QED) is 0.333. The van der Waals surface area contributed by atoms with Crippen molar-refractivity contribution in [3.05, 3.63) is 39.7 Å². The van der Waals surface area contributed by atoms with Gasteiger partial charge in [0.05, 0.1) is 11.6 Å². The fourth-order valence-electron chi connectivity index (χ4n) is 8.16. The van der Waals surface area contributed by atoms with Crippen molar-refractivity contribution in [2.45, 2.75) is 36.9 Å². The van der Waals surface area contributed by atoms with Gasteiger partial charge in [0.15, 0.2) is 11.4 Å². The second-order valence-corrected chi connectivity index (χ2v) is 12.0. The Bertz CT molecular complexity index is 1410. The number of anilines is 1. The molecule has 11 heteroatoms. The third-order valence-corrected chi connectivity index (χ3v) is 9.71. The number of likely N-dealkylation sites (N-methyl/N-ethyl adjacent to an activating group) is 1. The van der Waals surface area contributed by atoms with Gasteiger partial charge in [-0.3, -0.25) is 24.2 Å². The minimum atomic E-state index is -2.63. The number of amides is 1. The number of Topliss-reactive ketones (excluding diaryl/α,β-unsaturated/α-hetero) is 2. The maximum atomic E-state index is 14.0. The maximum absolute atomic E-state index is 14.0. The summed E-state index contributed by atoms with van der Waals surface area (Å²) in [5.74, 6) is -5.98. The van der Waals surface area contributed by atoms with E-state index in [0.717, 1.165) is 36.3 Å². The predicted octanol–water partition coefficient (Wildman–Crippen LogP) is 0.407. The minimum Gasteiger partial charge on any atom is -0.508 e. The van der Waals surface area contributed by atoms with Crippen molar-refractivity contribution in [3.63, 3.8) is 0 Å². The number of carbonyl (C=O) groups excluding carboxylic acids is 3. The van der Waals surface area contributed by atoms with E-state index in [2.05, 4.69) is 16.8 Å². The molecule has 1 saturated carbocycles. The first-order chi connectivity index (χ1) is 18.3. The third-order valence-electron chi connectivity index (χ3n) is 9.71. The fraction of sp³-hybridized carbons (Fsp3) is 0.536. The molecule has 5 aliphatic rings. The van der Waals surface area contributed by atoms with Gasteiger partial charge >= 0.3 is 0 Å². The van der Waals surface area contributed by atoms with Crippen molar-refractivity contribution in [1.29, 1.82) is 0 Å². The van der Waals surface area contributed by atoms with Crippen LogP contribution in [0.25, 0.3) is 5.76 Å². The fourth-order valence-corrected chi connectivity index (χ4v) is 8.16. The van der Waals surface area contributed by atoms with Crippen LogP contribution in [-0.2, 0) is 20.8 Å². The zero-order chi connectivity index (χ0) is 28.3. The minimum absolute atomic E-state index is 0.0753. The molecule has 3 unspecified atom stereocenters. The number of primary amides is 1. The monoisotopic (exact) mass is 538 g/mol. The summed E-state index contributed by atoms with van der Waals surface area (Å²) in [7, 11) is 7.23. The number of likely N-dealkylation sites (tertiary alicyclic amines) is 1. The Kier molecular flexibility index (Phi) is 5.50. The number of nitrogens with two attached hydrogens (primary N) is 1. The number of rotatable bonds is 2. The van der Waals surface area contributed by atoms with Crippen LogP contribution in [0, 0.1) is 17.8 Å². The summed E-state index contributed by atoms with van der Waals surface area (Å²) < 4.78 is 0. The van der Waals surface area contributed by atoms with Gasteiger partial charge in [-0.1, -0.05) is 0 Å². The van der Waals surface area contributed by atoms with E-state index in [0.29, 0.717) is 5.92 Å². The number of benzene rings is 1. The summed E-state index contributed by atoms with van der Waals surface area (Å²) in [6.45, 7) is 1.76. The lowest BCUT2D eigenvalue weighted by Crippen LogP contribution is -2.65. The Morgan fingerprint density at radius 1 is 1.18 bits per heavy atom. The van der Waals surface area contributed by atoms with Crippen LogP contribution in [0.15, 0.2) is 23.0 Å². The van der Waals surface area contributed by atoms with Crippen molar-refractivity contribution < 1.29 is 34.8 Å². The lowest BCUT2D eigenvalue weighted by atomic mass is 9.57. The summed E-state index contributed by atoms with van der Waals surface area (Å²) >= 11 is 0. The molecule has 39 heavy (non-hydrogen) atoms. The molecule has 0 aromatic heterocycles. The first-order valence-electron chi connectivity index (χ1n) is 13.3. The molecule has 2 heterocycles. The summed E-state index contributed by atoms with van der Waals surface area (Å²) in [6, 6.07) is 0.687. The molecular weight excluding hydrogens is 504 g/mol. The van der Waals surface area contributed by atoms with Crippen LogP contribution in [0.3, 0.4) is 0 Å². The highest BCUT2D eigenvalue weighted by molar-refractivity contribution is 6.24. The standard InChI is InChI=1S/C28H34N4O7/c1-30(2)22-15-8-12-7-13-18(16(33)9-14-20-11(5-6-31(20)3)10-32(4)21(13)14)23(34)17(12)25(36)28(15,39)26(37)19(24(22)35)27(29)38/h9,11-12,15,20,22,33-34,37,39H,5-8,10H2,1-4H3,(H2,29,38)/t11?,12-,15-,20?,22-,28?/m1/s1. The van der Waals surface area contributed by atoms with Gasteiger partial charge in [0.1, 0.15) is 22.8 Å². The van der Waals surface area contributed by atoms with Crippen LogP contribution >= 0.6 is 0 Å². The molecule has 6 atom stereocenters. The van der Waals surface area contributed by atoms with Gasteiger partial charge in [-0.2, -0.15) is 0 Å². The molecule has 0 spiro atoms. The van der Waals surface area contributed by atoms with Crippen LogP contribution in [-0.4, -0.2) is 101 Å². The van der Waals surface area contributed by atoms with Crippen molar-refractivity contribution >= 4 is 28.9 Å². The number of ketones is 2. The van der Waals surface area contributed by atoms with E-state index in [9.17, 15) is 34.8 Å². The molecule has 1 aromatic carbocycles. The van der Waals surface area contributed by atoms with Gasteiger partial charge in [0, 0.05) is 36.8 Å². The number of aliphatic hydroxyl groups is 3. The van der Waals surface area contributed by atoms with Gasteiger partial charge in [-0.25, -0.2) is 0 Å². The van der Waals surface area contributed by atoms with Crippen molar-refractivity contribution in [2.24, 2.45) is 23.5 Å². The third kappa shape index (κ3) is 3.17. The molecule has 3 aliphatic carbocycles. The summed E-state index contributed by atoms with van der Waals surface area (Å²) in [4.78, 5) is 45.3. The molecule has 2 aliphatic heterocycles. The molecule has 0 bridgehead atoms. The first-order valence-corrected chi connectivity index (χ1v) is 13.3. The molecule has 1 saturated heterocycles. The SMILES string of the molecule is CN1CC2CCN(C)C2c2cc(O)c3c(c21)C[C@@H]1C[C@@H]2[C@@H](N(C)C)C(=O)C(C(N)=O)=C(O)C2(O)C(=O)C1=C3O. The number of carbonyl (C=O) groups is 3. The van der Waals surface area contributed by atoms with E-state index in [1.54, 1.807) is 20.2 Å². The Hall–Kier alpha value is -3.41. The maximum Gasteiger partial charge on any atom is 0.255 e. The Morgan fingerprint density at radius 3 is 2.51 bits per heavy atom. The molecule has 11 nitrogen and oxygen atoms in total. The van der Waals surface area contributed by atoms with Crippen LogP contribution in [0.1, 0.15) is 35.6 Å². The summed E-state index contributed by atoms with van der Waals surface area (Å²) in [5.41, 5.74) is 4.55. The normalized spacial score (nSPS) is 34.1. The molecule has 2 fully saturated rings. The Labute approximate surface area is 225 Å². The second kappa shape index (κ2) is 8.30. The first kappa shape index (κ1) is 25.8. The Morgan fingerprint density at radius 2 is 1.87 bits per heavy atom. The van der Waals surface area contributed by atoms with Crippen LogP contribution in [0.5, 0.6) is 5.75 Å². The van der Waals surface area contributed by atoms with Gasteiger partial charge < -0.3 is 31.1 Å².